The molecule has 0 aliphatic carbocycles. The van der Waals surface area contributed by atoms with Crippen LogP contribution in [0.5, 0.6) is 0 Å². The highest BCUT2D eigenvalue weighted by atomic mass is 35.5. The van der Waals surface area contributed by atoms with E-state index in [9.17, 15) is 9.18 Å². The van der Waals surface area contributed by atoms with E-state index in [0.29, 0.717) is 10.6 Å². The molecule has 0 fully saturated rings. The number of halogens is 3. The van der Waals surface area contributed by atoms with Gasteiger partial charge in [-0.05, 0) is 29.8 Å². The SMILES string of the molecule is N#C/C(=C\c1cccc(Cl)c1Cl)C(=O)Nc1ccccc1F. The van der Waals surface area contributed by atoms with Gasteiger partial charge in [-0.25, -0.2) is 4.39 Å². The molecule has 0 atom stereocenters. The smallest absolute Gasteiger partial charge is 0.266 e. The Kier molecular flexibility index (Phi) is 5.16. The maximum absolute atomic E-state index is 13.5. The third-order valence-electron chi connectivity index (χ3n) is 2.77. The fraction of sp³-hybridized carbons (Fsp3) is 0. The number of nitriles is 1. The van der Waals surface area contributed by atoms with Crippen LogP contribution in [0.25, 0.3) is 6.08 Å². The van der Waals surface area contributed by atoms with Crippen molar-refractivity contribution in [1.29, 1.82) is 5.26 Å². The summed E-state index contributed by atoms with van der Waals surface area (Å²) < 4.78 is 13.5. The Hall–Kier alpha value is -2.35. The number of para-hydroxylation sites is 1. The van der Waals surface area contributed by atoms with Gasteiger partial charge in [0.15, 0.2) is 0 Å². The average Bonchev–Trinajstić information content (AvgIpc) is 2.51. The molecule has 0 heterocycles. The molecule has 0 aliphatic rings. The molecule has 0 aromatic heterocycles. The van der Waals surface area contributed by atoms with Crippen LogP contribution in [0.15, 0.2) is 48.0 Å². The van der Waals surface area contributed by atoms with Crippen LogP contribution in [0.4, 0.5) is 10.1 Å². The minimum Gasteiger partial charge on any atom is -0.319 e. The average molecular weight is 335 g/mol. The van der Waals surface area contributed by atoms with E-state index < -0.39 is 11.7 Å². The fourth-order valence-corrected chi connectivity index (χ4v) is 2.05. The molecule has 2 aromatic carbocycles. The number of nitrogens with zero attached hydrogens (tertiary/aromatic N) is 1. The van der Waals surface area contributed by atoms with Crippen molar-refractivity contribution in [2.75, 3.05) is 5.32 Å². The second-order valence-electron chi connectivity index (χ2n) is 4.25. The van der Waals surface area contributed by atoms with E-state index in [1.54, 1.807) is 30.3 Å². The zero-order valence-corrected chi connectivity index (χ0v) is 12.6. The number of carbonyl (C=O) groups is 1. The van der Waals surface area contributed by atoms with E-state index >= 15 is 0 Å². The van der Waals surface area contributed by atoms with Gasteiger partial charge in [-0.2, -0.15) is 5.26 Å². The van der Waals surface area contributed by atoms with E-state index in [4.69, 9.17) is 28.5 Å². The van der Waals surface area contributed by atoms with Gasteiger partial charge in [0.1, 0.15) is 17.5 Å². The van der Waals surface area contributed by atoms with Crippen LogP contribution in [-0.2, 0) is 4.79 Å². The van der Waals surface area contributed by atoms with Crippen molar-refractivity contribution in [2.24, 2.45) is 0 Å². The third-order valence-corrected chi connectivity index (χ3v) is 3.60. The van der Waals surface area contributed by atoms with Crippen molar-refractivity contribution in [3.8, 4) is 6.07 Å². The van der Waals surface area contributed by atoms with Crippen molar-refractivity contribution >= 4 is 40.9 Å². The van der Waals surface area contributed by atoms with Gasteiger partial charge in [0, 0.05) is 0 Å². The van der Waals surface area contributed by atoms with Crippen LogP contribution in [0, 0.1) is 17.1 Å². The van der Waals surface area contributed by atoms with Crippen LogP contribution in [0.1, 0.15) is 5.56 Å². The molecular weight excluding hydrogens is 326 g/mol. The van der Waals surface area contributed by atoms with E-state index in [0.717, 1.165) is 0 Å². The molecule has 0 bridgehead atoms. The highest BCUT2D eigenvalue weighted by Crippen LogP contribution is 2.27. The summed E-state index contributed by atoms with van der Waals surface area (Å²) in [5, 5.41) is 12.0. The Balaban J connectivity index is 2.30. The summed E-state index contributed by atoms with van der Waals surface area (Å²) in [6.07, 6.45) is 1.30. The molecule has 0 saturated carbocycles. The molecule has 3 nitrogen and oxygen atoms in total. The molecule has 0 saturated heterocycles. The summed E-state index contributed by atoms with van der Waals surface area (Å²) in [7, 11) is 0. The normalized spacial score (nSPS) is 10.9. The molecule has 1 N–H and O–H groups in total. The van der Waals surface area contributed by atoms with E-state index in [-0.39, 0.29) is 16.3 Å². The summed E-state index contributed by atoms with van der Waals surface area (Å²) in [5.74, 6) is -1.32. The van der Waals surface area contributed by atoms with Gasteiger partial charge in [0.2, 0.25) is 0 Å². The van der Waals surface area contributed by atoms with Crippen molar-refractivity contribution < 1.29 is 9.18 Å². The van der Waals surface area contributed by atoms with Gasteiger partial charge in [-0.1, -0.05) is 47.5 Å². The lowest BCUT2D eigenvalue weighted by molar-refractivity contribution is -0.112. The Morgan fingerprint density at radius 1 is 1.18 bits per heavy atom. The number of amides is 1. The van der Waals surface area contributed by atoms with E-state index in [1.807, 2.05) is 0 Å². The highest BCUT2D eigenvalue weighted by molar-refractivity contribution is 6.43. The number of carbonyl (C=O) groups excluding carboxylic acids is 1. The van der Waals surface area contributed by atoms with Crippen LogP contribution in [-0.4, -0.2) is 5.91 Å². The van der Waals surface area contributed by atoms with Crippen molar-refractivity contribution in [3.63, 3.8) is 0 Å². The molecule has 2 rings (SSSR count). The first-order valence-corrected chi connectivity index (χ1v) is 6.90. The summed E-state index contributed by atoms with van der Waals surface area (Å²) in [4.78, 5) is 12.1. The molecule has 2 aromatic rings. The highest BCUT2D eigenvalue weighted by Gasteiger charge is 2.13. The maximum Gasteiger partial charge on any atom is 0.266 e. The predicted octanol–water partition coefficient (Wildman–Crippen LogP) is 4.68. The second-order valence-corrected chi connectivity index (χ2v) is 5.03. The molecule has 0 unspecified atom stereocenters. The van der Waals surface area contributed by atoms with Gasteiger partial charge >= 0.3 is 0 Å². The van der Waals surface area contributed by atoms with Gasteiger partial charge in [0.05, 0.1) is 15.7 Å². The topological polar surface area (TPSA) is 52.9 Å². The monoisotopic (exact) mass is 334 g/mol. The second kappa shape index (κ2) is 7.08. The van der Waals surface area contributed by atoms with Gasteiger partial charge in [0.25, 0.3) is 5.91 Å². The van der Waals surface area contributed by atoms with Crippen LogP contribution in [0.3, 0.4) is 0 Å². The zero-order valence-electron chi connectivity index (χ0n) is 11.1. The molecule has 1 amide bonds. The number of rotatable bonds is 3. The molecule has 6 heteroatoms. The predicted molar refractivity (Wildman–Crippen MR) is 85.1 cm³/mol. The Morgan fingerprint density at radius 2 is 1.91 bits per heavy atom. The zero-order chi connectivity index (χ0) is 16.1. The molecule has 110 valence electrons. The first-order valence-electron chi connectivity index (χ1n) is 6.14. The number of anilines is 1. The van der Waals surface area contributed by atoms with Crippen LogP contribution >= 0.6 is 23.2 Å². The van der Waals surface area contributed by atoms with Gasteiger partial charge in [-0.3, -0.25) is 4.79 Å². The summed E-state index contributed by atoms with van der Waals surface area (Å²) in [6, 6.07) is 12.3. The maximum atomic E-state index is 13.5. The molecule has 0 aliphatic heterocycles. The minimum absolute atomic E-state index is 0.00848. The lowest BCUT2D eigenvalue weighted by Crippen LogP contribution is -2.14. The Bertz CT molecular complexity index is 797. The van der Waals surface area contributed by atoms with Crippen molar-refractivity contribution in [2.45, 2.75) is 0 Å². The van der Waals surface area contributed by atoms with Crippen molar-refractivity contribution in [1.82, 2.24) is 0 Å². The molecule has 22 heavy (non-hydrogen) atoms. The standard InChI is InChI=1S/C16H9Cl2FN2O/c17-12-5-3-4-10(15(12)18)8-11(9-20)16(22)21-14-7-2-1-6-13(14)19/h1-8H,(H,21,22)/b11-8+. The quantitative estimate of drug-likeness (QED) is 0.654. The summed E-state index contributed by atoms with van der Waals surface area (Å²) in [5.41, 5.74) is 0.202. The third kappa shape index (κ3) is 3.64. The fourth-order valence-electron chi connectivity index (χ4n) is 1.69. The van der Waals surface area contributed by atoms with Crippen LogP contribution < -0.4 is 5.32 Å². The summed E-state index contributed by atoms with van der Waals surface area (Å²) in [6.45, 7) is 0. The largest absolute Gasteiger partial charge is 0.319 e. The number of nitrogens with one attached hydrogen (secondary N) is 1. The van der Waals surface area contributed by atoms with Crippen molar-refractivity contribution in [3.05, 3.63) is 69.5 Å². The van der Waals surface area contributed by atoms with E-state index in [2.05, 4.69) is 5.32 Å². The molecule has 0 radical (unpaired) electrons. The minimum atomic E-state index is -0.733. The molecule has 0 spiro atoms. The summed E-state index contributed by atoms with van der Waals surface area (Å²) >= 11 is 11.9. The van der Waals surface area contributed by atoms with Crippen LogP contribution in [0.2, 0.25) is 10.0 Å². The number of hydrogen-bond donors (Lipinski definition) is 1. The number of hydrogen-bond acceptors (Lipinski definition) is 2. The van der Waals surface area contributed by atoms with E-state index in [1.165, 1.54) is 24.3 Å². The van der Waals surface area contributed by atoms with Gasteiger partial charge in [-0.15, -0.1) is 0 Å². The lowest BCUT2D eigenvalue weighted by atomic mass is 10.1. The molecular formula is C16H9Cl2FN2O. The lowest BCUT2D eigenvalue weighted by Gasteiger charge is -2.06. The first-order chi connectivity index (χ1) is 10.5. The Morgan fingerprint density at radius 3 is 2.59 bits per heavy atom. The number of benzene rings is 2. The Labute approximate surface area is 136 Å². The first kappa shape index (κ1) is 16.0. The van der Waals surface area contributed by atoms with Gasteiger partial charge < -0.3 is 5.32 Å².